The third kappa shape index (κ3) is 3.79. The van der Waals surface area contributed by atoms with Gasteiger partial charge >= 0.3 is 0 Å². The molecule has 0 aliphatic heterocycles. The first kappa shape index (κ1) is 13.1. The number of nitrogens with one attached hydrogen (secondary N) is 1. The molecule has 0 radical (unpaired) electrons. The van der Waals surface area contributed by atoms with Crippen LogP contribution < -0.4 is 5.32 Å². The molecule has 0 amide bonds. The second kappa shape index (κ2) is 5.98. The first-order valence-corrected chi connectivity index (χ1v) is 7.71. The summed E-state index contributed by atoms with van der Waals surface area (Å²) in [5.41, 5.74) is 0. The summed E-state index contributed by atoms with van der Waals surface area (Å²) in [5.74, 6) is 0.886. The lowest BCUT2D eigenvalue weighted by molar-refractivity contribution is 0.793. The Morgan fingerprint density at radius 2 is 2.29 bits per heavy atom. The fourth-order valence-electron chi connectivity index (χ4n) is 1.54. The second-order valence-electron chi connectivity index (χ2n) is 3.81. The van der Waals surface area contributed by atoms with Gasteiger partial charge in [0.05, 0.1) is 4.47 Å². The Kier molecular flexibility index (Phi) is 4.59. The molecule has 2 aromatic heterocycles. The van der Waals surface area contributed by atoms with Crippen molar-refractivity contribution >= 4 is 49.0 Å². The van der Waals surface area contributed by atoms with Gasteiger partial charge in [0.25, 0.3) is 0 Å². The molecule has 2 aromatic rings. The number of pyridine rings is 1. The minimum absolute atomic E-state index is 0.360. The molecule has 1 N–H and O–H groups in total. The van der Waals surface area contributed by atoms with Crippen LogP contribution in [0.25, 0.3) is 0 Å². The Labute approximate surface area is 122 Å². The van der Waals surface area contributed by atoms with E-state index in [1.807, 2.05) is 6.07 Å². The van der Waals surface area contributed by atoms with Crippen molar-refractivity contribution in [2.45, 2.75) is 19.4 Å². The molecule has 0 aliphatic carbocycles. The number of aromatic nitrogens is 1. The van der Waals surface area contributed by atoms with Crippen molar-refractivity contribution in [2.24, 2.45) is 0 Å². The van der Waals surface area contributed by atoms with Gasteiger partial charge in [0.2, 0.25) is 0 Å². The van der Waals surface area contributed by atoms with Crippen LogP contribution in [-0.4, -0.2) is 11.0 Å². The minimum Gasteiger partial charge on any atom is -0.366 e. The van der Waals surface area contributed by atoms with Crippen molar-refractivity contribution in [3.8, 4) is 0 Å². The molecule has 1 atom stereocenters. The van der Waals surface area contributed by atoms with E-state index in [9.17, 15) is 0 Å². The molecule has 90 valence electrons. The summed E-state index contributed by atoms with van der Waals surface area (Å²) in [6, 6.07) is 6.60. The summed E-state index contributed by atoms with van der Waals surface area (Å²) < 4.78 is 1.95. The van der Waals surface area contributed by atoms with E-state index < -0.39 is 0 Å². The summed E-state index contributed by atoms with van der Waals surface area (Å²) >= 11 is 8.68. The quantitative estimate of drug-likeness (QED) is 0.836. The highest BCUT2D eigenvalue weighted by molar-refractivity contribution is 9.11. The molecule has 0 saturated carbocycles. The molecular weight excluding hydrogens is 364 g/mol. The Bertz CT molecular complexity index is 485. The van der Waals surface area contributed by atoms with Crippen LogP contribution in [0.5, 0.6) is 0 Å². The van der Waals surface area contributed by atoms with Gasteiger partial charge < -0.3 is 5.32 Å². The van der Waals surface area contributed by atoms with Gasteiger partial charge in [-0.3, -0.25) is 0 Å². The minimum atomic E-state index is 0.360. The molecule has 5 heteroatoms. The van der Waals surface area contributed by atoms with Gasteiger partial charge in [-0.05, 0) is 56.3 Å². The van der Waals surface area contributed by atoms with E-state index in [0.29, 0.717) is 6.04 Å². The Morgan fingerprint density at radius 3 is 2.94 bits per heavy atom. The summed E-state index contributed by atoms with van der Waals surface area (Å²) in [6.07, 6.45) is 2.81. The van der Waals surface area contributed by atoms with Crippen molar-refractivity contribution in [3.63, 3.8) is 0 Å². The van der Waals surface area contributed by atoms with Crippen LogP contribution >= 0.6 is 43.2 Å². The maximum atomic E-state index is 4.35. The Balaban J connectivity index is 2.00. The topological polar surface area (TPSA) is 24.9 Å². The molecule has 0 spiro atoms. The van der Waals surface area contributed by atoms with Crippen molar-refractivity contribution in [2.75, 3.05) is 5.32 Å². The second-order valence-corrected chi connectivity index (χ2v) is 6.62. The van der Waals surface area contributed by atoms with Crippen molar-refractivity contribution in [1.29, 1.82) is 0 Å². The number of thiophene rings is 1. The summed E-state index contributed by atoms with van der Waals surface area (Å²) in [5, 5.41) is 5.51. The van der Waals surface area contributed by atoms with Crippen LogP contribution in [0.2, 0.25) is 0 Å². The Morgan fingerprint density at radius 1 is 1.47 bits per heavy atom. The van der Waals surface area contributed by atoms with E-state index in [2.05, 4.69) is 66.6 Å². The van der Waals surface area contributed by atoms with Gasteiger partial charge in [0.1, 0.15) is 5.82 Å². The van der Waals surface area contributed by atoms with Crippen LogP contribution in [-0.2, 0) is 6.42 Å². The van der Waals surface area contributed by atoms with Crippen molar-refractivity contribution in [3.05, 3.63) is 43.6 Å². The number of hydrogen-bond donors (Lipinski definition) is 1. The van der Waals surface area contributed by atoms with Gasteiger partial charge in [0, 0.05) is 28.0 Å². The normalized spacial score (nSPS) is 12.4. The van der Waals surface area contributed by atoms with Crippen molar-refractivity contribution < 1.29 is 0 Å². The van der Waals surface area contributed by atoms with Crippen LogP contribution in [0, 0.1) is 0 Å². The van der Waals surface area contributed by atoms with E-state index in [0.717, 1.165) is 21.2 Å². The predicted molar refractivity (Wildman–Crippen MR) is 80.7 cm³/mol. The smallest absolute Gasteiger partial charge is 0.140 e. The molecule has 0 saturated heterocycles. The fourth-order valence-corrected chi connectivity index (χ4v) is 3.47. The highest BCUT2D eigenvalue weighted by Crippen LogP contribution is 2.24. The zero-order chi connectivity index (χ0) is 12.3. The lowest BCUT2D eigenvalue weighted by atomic mass is 10.2. The first-order chi connectivity index (χ1) is 8.15. The highest BCUT2D eigenvalue weighted by atomic mass is 79.9. The predicted octanol–water partition coefficient (Wildman–Crippen LogP) is 4.71. The highest BCUT2D eigenvalue weighted by Gasteiger charge is 2.08. The molecule has 0 fully saturated rings. The van der Waals surface area contributed by atoms with E-state index >= 15 is 0 Å². The van der Waals surface area contributed by atoms with E-state index in [1.54, 1.807) is 17.5 Å². The molecule has 2 nitrogen and oxygen atoms in total. The van der Waals surface area contributed by atoms with E-state index in [1.165, 1.54) is 4.88 Å². The summed E-state index contributed by atoms with van der Waals surface area (Å²) in [4.78, 5) is 5.73. The largest absolute Gasteiger partial charge is 0.366 e. The number of halogens is 2. The summed E-state index contributed by atoms with van der Waals surface area (Å²) in [7, 11) is 0. The number of rotatable bonds is 4. The summed E-state index contributed by atoms with van der Waals surface area (Å²) in [6.45, 7) is 2.16. The molecular formula is C12H12Br2N2S. The maximum absolute atomic E-state index is 4.35. The van der Waals surface area contributed by atoms with Crippen LogP contribution in [0.15, 0.2) is 38.7 Å². The first-order valence-electron chi connectivity index (χ1n) is 5.25. The molecule has 0 aromatic carbocycles. The van der Waals surface area contributed by atoms with Crippen LogP contribution in [0.3, 0.4) is 0 Å². The average Bonchev–Trinajstić information content (AvgIpc) is 2.75. The molecule has 2 rings (SSSR count). The van der Waals surface area contributed by atoms with Gasteiger partial charge in [0.15, 0.2) is 0 Å². The number of anilines is 1. The average molecular weight is 376 g/mol. The van der Waals surface area contributed by atoms with Gasteiger partial charge in [-0.2, -0.15) is 0 Å². The molecule has 17 heavy (non-hydrogen) atoms. The van der Waals surface area contributed by atoms with Gasteiger partial charge in [-0.25, -0.2) is 4.98 Å². The van der Waals surface area contributed by atoms with Crippen LogP contribution in [0.4, 0.5) is 5.82 Å². The lowest BCUT2D eigenvalue weighted by Crippen LogP contribution is -2.18. The third-order valence-electron chi connectivity index (χ3n) is 2.28. The third-order valence-corrected chi connectivity index (χ3v) is 4.22. The molecule has 2 heterocycles. The maximum Gasteiger partial charge on any atom is 0.140 e. The fraction of sp³-hybridized carbons (Fsp3) is 0.250. The van der Waals surface area contributed by atoms with Gasteiger partial charge in [-0.1, -0.05) is 6.07 Å². The molecule has 1 unspecified atom stereocenters. The zero-order valence-electron chi connectivity index (χ0n) is 9.28. The van der Waals surface area contributed by atoms with Crippen molar-refractivity contribution in [1.82, 2.24) is 4.98 Å². The number of nitrogens with zero attached hydrogens (tertiary/aromatic N) is 1. The standard InChI is InChI=1S/C12H12Br2N2S/c1-8(5-10-3-2-4-17-10)16-12-11(14)6-9(13)7-15-12/h2-4,6-8H,5H2,1H3,(H,15,16). The van der Waals surface area contributed by atoms with Gasteiger partial charge in [-0.15, -0.1) is 11.3 Å². The Hall–Kier alpha value is -0.390. The monoisotopic (exact) mass is 374 g/mol. The zero-order valence-corrected chi connectivity index (χ0v) is 13.3. The van der Waals surface area contributed by atoms with E-state index in [-0.39, 0.29) is 0 Å². The molecule has 0 aliphatic rings. The van der Waals surface area contributed by atoms with Crippen LogP contribution in [0.1, 0.15) is 11.8 Å². The van der Waals surface area contributed by atoms with E-state index in [4.69, 9.17) is 0 Å². The lowest BCUT2D eigenvalue weighted by Gasteiger charge is -2.14. The number of hydrogen-bond acceptors (Lipinski definition) is 3. The molecule has 0 bridgehead atoms. The SMILES string of the molecule is CC(Cc1cccs1)Nc1ncc(Br)cc1Br.